The molecule has 1 aromatic heterocycles. The first-order valence-corrected chi connectivity index (χ1v) is 8.24. The van der Waals surface area contributed by atoms with Gasteiger partial charge in [0.25, 0.3) is 0 Å². The number of hydrogen-bond acceptors (Lipinski definition) is 5. The van der Waals surface area contributed by atoms with Crippen LogP contribution in [0.5, 0.6) is 0 Å². The van der Waals surface area contributed by atoms with Gasteiger partial charge in [0, 0.05) is 5.56 Å². The lowest BCUT2D eigenvalue weighted by Gasteiger charge is -2.03. The summed E-state index contributed by atoms with van der Waals surface area (Å²) < 4.78 is 5.29. The molecule has 0 aliphatic heterocycles. The lowest BCUT2D eigenvalue weighted by atomic mass is 10.1. The topological polar surface area (TPSA) is 64.9 Å². The summed E-state index contributed by atoms with van der Waals surface area (Å²) >= 11 is 1.76. The Labute approximate surface area is 127 Å². The Balaban J connectivity index is 1.87. The molecule has 0 unspecified atom stereocenters. The summed E-state index contributed by atoms with van der Waals surface area (Å²) in [6.07, 6.45) is 2.89. The van der Waals surface area contributed by atoms with Crippen LogP contribution in [0.4, 0.5) is 0 Å². The molecular formula is C16H17N3OS. The maximum atomic E-state index is 6.05. The van der Waals surface area contributed by atoms with Crippen LogP contribution in [0.1, 0.15) is 18.4 Å². The third kappa shape index (κ3) is 3.09. The second-order valence-electron chi connectivity index (χ2n) is 4.91. The molecule has 1 heterocycles. The quantitative estimate of drug-likeness (QED) is 0.779. The molecule has 0 saturated carbocycles. The third-order valence-corrected chi connectivity index (χ3v) is 4.04. The van der Waals surface area contributed by atoms with Gasteiger partial charge in [0.15, 0.2) is 0 Å². The third-order valence-electron chi connectivity index (χ3n) is 3.40. The molecule has 21 heavy (non-hydrogen) atoms. The van der Waals surface area contributed by atoms with Crippen molar-refractivity contribution in [3.8, 4) is 11.4 Å². The number of nitrogens with zero attached hydrogens (tertiary/aromatic N) is 2. The highest BCUT2D eigenvalue weighted by Crippen LogP contribution is 2.24. The van der Waals surface area contributed by atoms with Crippen molar-refractivity contribution >= 4 is 22.5 Å². The maximum Gasteiger partial charge on any atom is 0.243 e. The number of aromatic nitrogens is 2. The fourth-order valence-corrected chi connectivity index (χ4v) is 2.69. The van der Waals surface area contributed by atoms with E-state index in [0.717, 1.165) is 23.1 Å². The molecule has 5 heteroatoms. The van der Waals surface area contributed by atoms with Gasteiger partial charge in [-0.1, -0.05) is 41.6 Å². The van der Waals surface area contributed by atoms with Crippen LogP contribution in [0, 0.1) is 0 Å². The van der Waals surface area contributed by atoms with Crippen LogP contribution in [-0.2, 0) is 0 Å². The average Bonchev–Trinajstić information content (AvgIpc) is 3.02. The van der Waals surface area contributed by atoms with E-state index in [9.17, 15) is 0 Å². The number of thioether (sulfide) groups is 1. The molecular weight excluding hydrogens is 282 g/mol. The summed E-state index contributed by atoms with van der Waals surface area (Å²) in [5.41, 5.74) is 7.00. The van der Waals surface area contributed by atoms with E-state index in [4.69, 9.17) is 10.3 Å². The van der Waals surface area contributed by atoms with Gasteiger partial charge in [0.05, 0.1) is 6.04 Å². The maximum absolute atomic E-state index is 6.05. The highest BCUT2D eigenvalue weighted by atomic mass is 32.2. The van der Waals surface area contributed by atoms with Crippen LogP contribution in [0.2, 0.25) is 0 Å². The van der Waals surface area contributed by atoms with E-state index in [2.05, 4.69) is 40.7 Å². The van der Waals surface area contributed by atoms with E-state index in [1.165, 1.54) is 5.39 Å². The van der Waals surface area contributed by atoms with Crippen LogP contribution in [0.15, 0.2) is 47.0 Å². The van der Waals surface area contributed by atoms with Gasteiger partial charge in [-0.25, -0.2) is 0 Å². The zero-order valence-electron chi connectivity index (χ0n) is 11.8. The predicted octanol–water partition coefficient (Wildman–Crippen LogP) is 3.64. The second kappa shape index (κ2) is 6.28. The molecule has 0 spiro atoms. The molecule has 3 rings (SSSR count). The average molecular weight is 299 g/mol. The van der Waals surface area contributed by atoms with Gasteiger partial charge in [0.2, 0.25) is 11.7 Å². The van der Waals surface area contributed by atoms with E-state index < -0.39 is 0 Å². The second-order valence-corrected chi connectivity index (χ2v) is 5.89. The van der Waals surface area contributed by atoms with E-state index in [1.54, 1.807) is 11.8 Å². The van der Waals surface area contributed by atoms with Crippen LogP contribution in [0.3, 0.4) is 0 Å². The molecule has 0 fully saturated rings. The van der Waals surface area contributed by atoms with Crippen molar-refractivity contribution in [2.75, 3.05) is 12.0 Å². The fraction of sp³-hybridized carbons (Fsp3) is 0.250. The first-order valence-electron chi connectivity index (χ1n) is 6.85. The highest BCUT2D eigenvalue weighted by Gasteiger charge is 2.15. The Hall–Kier alpha value is -1.85. The van der Waals surface area contributed by atoms with Crippen molar-refractivity contribution in [2.24, 2.45) is 5.73 Å². The zero-order valence-corrected chi connectivity index (χ0v) is 12.6. The first kappa shape index (κ1) is 14.1. The predicted molar refractivity (Wildman–Crippen MR) is 87.2 cm³/mol. The van der Waals surface area contributed by atoms with E-state index >= 15 is 0 Å². The molecule has 108 valence electrons. The Morgan fingerprint density at radius 2 is 2.00 bits per heavy atom. The number of benzene rings is 2. The van der Waals surface area contributed by atoms with Crippen molar-refractivity contribution < 1.29 is 4.52 Å². The van der Waals surface area contributed by atoms with Gasteiger partial charge in [-0.2, -0.15) is 16.7 Å². The van der Waals surface area contributed by atoms with Gasteiger partial charge < -0.3 is 10.3 Å². The molecule has 0 aliphatic rings. The molecule has 0 radical (unpaired) electrons. The van der Waals surface area contributed by atoms with Gasteiger partial charge in [-0.3, -0.25) is 0 Å². The largest absolute Gasteiger partial charge is 0.337 e. The minimum absolute atomic E-state index is 0.195. The molecule has 4 nitrogen and oxygen atoms in total. The molecule has 0 bridgehead atoms. The molecule has 2 N–H and O–H groups in total. The number of rotatable bonds is 5. The normalized spacial score (nSPS) is 12.7. The van der Waals surface area contributed by atoms with Gasteiger partial charge in [-0.05, 0) is 35.3 Å². The van der Waals surface area contributed by atoms with E-state index in [1.807, 2.05) is 18.2 Å². The van der Waals surface area contributed by atoms with Crippen molar-refractivity contribution in [2.45, 2.75) is 12.5 Å². The molecule has 1 atom stereocenters. The Morgan fingerprint density at radius 3 is 2.81 bits per heavy atom. The number of fused-ring (bicyclic) bond motifs is 1. The molecule has 0 aliphatic carbocycles. The standard InChI is InChI=1S/C16H17N3OS/c1-21-9-8-14(17)16-18-15(19-20-16)13-7-6-11-4-2-3-5-12(11)10-13/h2-7,10,14H,8-9,17H2,1H3/t14-/m0/s1. The summed E-state index contributed by atoms with van der Waals surface area (Å²) in [5.74, 6) is 2.08. The molecule has 3 aromatic rings. The Bertz CT molecular complexity index is 741. The zero-order chi connectivity index (χ0) is 14.7. The summed E-state index contributed by atoms with van der Waals surface area (Å²) in [6, 6.07) is 14.1. The van der Waals surface area contributed by atoms with Crippen molar-refractivity contribution in [3.63, 3.8) is 0 Å². The van der Waals surface area contributed by atoms with Crippen LogP contribution in [0.25, 0.3) is 22.2 Å². The van der Waals surface area contributed by atoms with Crippen molar-refractivity contribution in [1.82, 2.24) is 10.1 Å². The number of hydrogen-bond donors (Lipinski definition) is 1. The SMILES string of the molecule is CSCC[C@H](N)c1nc(-c2ccc3ccccc3c2)no1. The van der Waals surface area contributed by atoms with E-state index in [0.29, 0.717) is 11.7 Å². The smallest absolute Gasteiger partial charge is 0.243 e. The lowest BCUT2D eigenvalue weighted by molar-refractivity contribution is 0.353. The van der Waals surface area contributed by atoms with Crippen LogP contribution in [-0.4, -0.2) is 22.1 Å². The summed E-state index contributed by atoms with van der Waals surface area (Å²) in [5, 5.41) is 6.41. The molecule has 2 aromatic carbocycles. The van der Waals surface area contributed by atoms with Crippen molar-refractivity contribution in [3.05, 3.63) is 48.4 Å². The van der Waals surface area contributed by atoms with Crippen LogP contribution < -0.4 is 5.73 Å². The van der Waals surface area contributed by atoms with Crippen LogP contribution >= 0.6 is 11.8 Å². The molecule has 0 amide bonds. The minimum atomic E-state index is -0.195. The van der Waals surface area contributed by atoms with E-state index in [-0.39, 0.29) is 6.04 Å². The fourth-order valence-electron chi connectivity index (χ4n) is 2.20. The van der Waals surface area contributed by atoms with Gasteiger partial charge >= 0.3 is 0 Å². The summed E-state index contributed by atoms with van der Waals surface area (Å²) in [7, 11) is 0. The van der Waals surface area contributed by atoms with Crippen molar-refractivity contribution in [1.29, 1.82) is 0 Å². The minimum Gasteiger partial charge on any atom is -0.337 e. The lowest BCUT2D eigenvalue weighted by Crippen LogP contribution is -2.11. The molecule has 0 saturated heterocycles. The summed E-state index contributed by atoms with van der Waals surface area (Å²) in [6.45, 7) is 0. The highest BCUT2D eigenvalue weighted by molar-refractivity contribution is 7.98. The first-order chi connectivity index (χ1) is 10.3. The Kier molecular flexibility index (Phi) is 4.22. The van der Waals surface area contributed by atoms with Gasteiger partial charge in [-0.15, -0.1) is 0 Å². The van der Waals surface area contributed by atoms with Gasteiger partial charge in [0.1, 0.15) is 0 Å². The Morgan fingerprint density at radius 1 is 1.19 bits per heavy atom. The number of nitrogens with two attached hydrogens (primary N) is 1. The monoisotopic (exact) mass is 299 g/mol. The summed E-state index contributed by atoms with van der Waals surface area (Å²) in [4.78, 5) is 4.43.